The number of imidazole rings is 1. The number of aromatic nitrogens is 4. The maximum absolute atomic E-state index is 5.07. The molecule has 4 heterocycles. The largest absolute Gasteiger partial charge is 0.290 e. The van der Waals surface area contributed by atoms with E-state index in [9.17, 15) is 0 Å². The lowest BCUT2D eigenvalue weighted by Crippen LogP contribution is -1.95. The first-order valence-electron chi connectivity index (χ1n) is 12.0. The Labute approximate surface area is 200 Å². The van der Waals surface area contributed by atoms with Gasteiger partial charge in [0.1, 0.15) is 5.65 Å². The summed E-state index contributed by atoms with van der Waals surface area (Å²) in [5.74, 6) is 0. The Hall–Kier alpha value is -4.57. The Morgan fingerprint density at radius 1 is 0.657 bits per heavy atom. The van der Waals surface area contributed by atoms with Crippen LogP contribution in [0.1, 0.15) is 22.3 Å². The average molecular weight is 447 g/mol. The number of nitrogens with zero attached hydrogens (tertiary/aromatic N) is 4. The Morgan fingerprint density at radius 3 is 2.51 bits per heavy atom. The monoisotopic (exact) mass is 446 g/mol. The lowest BCUT2D eigenvalue weighted by Gasteiger charge is -2.13. The molecule has 7 aromatic rings. The Morgan fingerprint density at radius 2 is 1.54 bits per heavy atom. The van der Waals surface area contributed by atoms with E-state index >= 15 is 0 Å². The standard InChI is InChI=1S/C31H18N4/c1-2-5-20-17(4-1)14-18-7-8-19-15-23-21(28(19)27(18)20)9-10-22-24-16-32-13-11-25(24)35-26-6-3-12-33-30(26)34-31(35)29(22)23/h1-13,16H,14-15H2. The topological polar surface area (TPSA) is 43.1 Å². The van der Waals surface area contributed by atoms with Gasteiger partial charge in [-0.15, -0.1) is 0 Å². The fourth-order valence-electron chi connectivity index (χ4n) is 6.57. The molecule has 35 heavy (non-hydrogen) atoms. The van der Waals surface area contributed by atoms with Crippen LogP contribution in [0.5, 0.6) is 0 Å². The molecular weight excluding hydrogens is 428 g/mol. The summed E-state index contributed by atoms with van der Waals surface area (Å²) in [6.45, 7) is 0. The summed E-state index contributed by atoms with van der Waals surface area (Å²) in [7, 11) is 0. The van der Waals surface area contributed by atoms with Crippen LogP contribution in [0.2, 0.25) is 0 Å². The van der Waals surface area contributed by atoms with Crippen molar-refractivity contribution in [1.29, 1.82) is 0 Å². The first kappa shape index (κ1) is 17.8. The molecular formula is C31H18N4. The summed E-state index contributed by atoms with van der Waals surface area (Å²) in [4.78, 5) is 14.2. The molecule has 0 saturated heterocycles. The van der Waals surface area contributed by atoms with Gasteiger partial charge in [0.2, 0.25) is 0 Å². The zero-order valence-electron chi connectivity index (χ0n) is 18.8. The van der Waals surface area contributed by atoms with Crippen LogP contribution in [0.3, 0.4) is 0 Å². The van der Waals surface area contributed by atoms with Gasteiger partial charge in [-0.05, 0) is 80.9 Å². The smallest absolute Gasteiger partial charge is 0.178 e. The van der Waals surface area contributed by atoms with E-state index < -0.39 is 0 Å². The van der Waals surface area contributed by atoms with Crippen LogP contribution in [0.15, 0.2) is 85.3 Å². The van der Waals surface area contributed by atoms with Gasteiger partial charge in [-0.1, -0.05) is 48.5 Å². The van der Waals surface area contributed by atoms with Crippen molar-refractivity contribution in [1.82, 2.24) is 19.4 Å². The molecule has 0 saturated carbocycles. The second kappa shape index (κ2) is 6.10. The van der Waals surface area contributed by atoms with Crippen molar-refractivity contribution in [2.45, 2.75) is 12.8 Å². The van der Waals surface area contributed by atoms with Gasteiger partial charge in [0.25, 0.3) is 0 Å². The number of benzene rings is 3. The Kier molecular flexibility index (Phi) is 3.11. The fourth-order valence-corrected chi connectivity index (χ4v) is 6.57. The summed E-state index contributed by atoms with van der Waals surface area (Å²) in [5.41, 5.74) is 15.1. The van der Waals surface area contributed by atoms with Crippen LogP contribution in [0.25, 0.3) is 60.7 Å². The highest BCUT2D eigenvalue weighted by Crippen LogP contribution is 2.51. The van der Waals surface area contributed by atoms with Crippen LogP contribution in [0.4, 0.5) is 0 Å². The minimum absolute atomic E-state index is 0.779. The molecule has 0 bridgehead atoms. The van der Waals surface area contributed by atoms with E-state index in [0.717, 1.165) is 40.6 Å². The van der Waals surface area contributed by atoms with Crippen LogP contribution in [-0.2, 0) is 12.8 Å². The van der Waals surface area contributed by atoms with E-state index in [1.807, 2.05) is 24.7 Å². The lowest BCUT2D eigenvalue weighted by molar-refractivity contribution is 1.24. The van der Waals surface area contributed by atoms with Gasteiger partial charge >= 0.3 is 0 Å². The molecule has 0 unspecified atom stereocenters. The van der Waals surface area contributed by atoms with Crippen molar-refractivity contribution in [3.63, 3.8) is 0 Å². The third-order valence-corrected chi connectivity index (χ3v) is 7.98. The molecule has 9 rings (SSSR count). The quantitative estimate of drug-likeness (QED) is 0.243. The van der Waals surface area contributed by atoms with Crippen molar-refractivity contribution in [2.75, 3.05) is 0 Å². The molecule has 0 spiro atoms. The molecule has 0 atom stereocenters. The highest BCUT2D eigenvalue weighted by Gasteiger charge is 2.30. The highest BCUT2D eigenvalue weighted by molar-refractivity contribution is 6.17. The molecule has 2 aliphatic rings. The zero-order valence-corrected chi connectivity index (χ0v) is 18.8. The number of hydrogen-bond acceptors (Lipinski definition) is 3. The molecule has 0 fully saturated rings. The number of hydrogen-bond donors (Lipinski definition) is 0. The molecule has 3 aromatic carbocycles. The van der Waals surface area contributed by atoms with Gasteiger partial charge in [-0.3, -0.25) is 9.38 Å². The second-order valence-electron chi connectivity index (χ2n) is 9.67. The van der Waals surface area contributed by atoms with Gasteiger partial charge in [-0.2, -0.15) is 0 Å². The minimum Gasteiger partial charge on any atom is -0.290 e. The first-order valence-corrected chi connectivity index (χ1v) is 12.0. The van der Waals surface area contributed by atoms with Gasteiger partial charge in [0, 0.05) is 29.4 Å². The maximum Gasteiger partial charge on any atom is 0.178 e. The molecule has 0 radical (unpaired) electrons. The summed E-state index contributed by atoms with van der Waals surface area (Å²) in [6.07, 6.45) is 7.60. The van der Waals surface area contributed by atoms with Crippen LogP contribution >= 0.6 is 0 Å². The first-order chi connectivity index (χ1) is 17.4. The molecule has 0 amide bonds. The predicted octanol–water partition coefficient (Wildman–Crippen LogP) is 6.73. The van der Waals surface area contributed by atoms with E-state index in [1.165, 1.54) is 55.3 Å². The van der Waals surface area contributed by atoms with Crippen molar-refractivity contribution in [3.05, 3.63) is 108 Å². The van der Waals surface area contributed by atoms with Gasteiger partial charge < -0.3 is 0 Å². The number of rotatable bonds is 0. The Bertz CT molecular complexity index is 2070. The molecule has 4 nitrogen and oxygen atoms in total. The normalized spacial score (nSPS) is 13.5. The van der Waals surface area contributed by atoms with E-state index in [4.69, 9.17) is 4.98 Å². The van der Waals surface area contributed by atoms with Gasteiger partial charge in [-0.25, -0.2) is 9.97 Å². The lowest BCUT2D eigenvalue weighted by atomic mass is 9.92. The molecule has 162 valence electrons. The summed E-state index contributed by atoms with van der Waals surface area (Å²) in [5, 5.41) is 3.57. The summed E-state index contributed by atoms with van der Waals surface area (Å²) >= 11 is 0. The molecule has 2 aliphatic carbocycles. The van der Waals surface area contributed by atoms with Gasteiger partial charge in [0.15, 0.2) is 5.65 Å². The SMILES string of the molecule is c1ccc2c(c1)Cc1ccc3c(c1-2)-c1ccc2c4cnccc4n4c5cccnc5nc4c2c1C3. The van der Waals surface area contributed by atoms with Gasteiger partial charge in [0.05, 0.1) is 11.0 Å². The third kappa shape index (κ3) is 2.11. The summed E-state index contributed by atoms with van der Waals surface area (Å²) in [6, 6.07) is 24.3. The van der Waals surface area contributed by atoms with Crippen molar-refractivity contribution < 1.29 is 0 Å². The number of fused-ring (bicyclic) bond motifs is 16. The molecule has 4 aromatic heterocycles. The average Bonchev–Trinajstić information content (AvgIpc) is 3.59. The minimum atomic E-state index is 0.779. The Balaban J connectivity index is 1.47. The molecule has 0 N–H and O–H groups in total. The van der Waals surface area contributed by atoms with Crippen LogP contribution in [-0.4, -0.2) is 19.4 Å². The zero-order chi connectivity index (χ0) is 22.7. The fraction of sp³-hybridized carbons (Fsp3) is 0.0645. The molecule has 4 heteroatoms. The third-order valence-electron chi connectivity index (χ3n) is 7.98. The second-order valence-corrected chi connectivity index (χ2v) is 9.67. The molecule has 0 aliphatic heterocycles. The number of pyridine rings is 3. The van der Waals surface area contributed by atoms with Crippen molar-refractivity contribution in [3.8, 4) is 22.3 Å². The van der Waals surface area contributed by atoms with Crippen LogP contribution in [0, 0.1) is 0 Å². The highest BCUT2D eigenvalue weighted by atomic mass is 15.1. The van der Waals surface area contributed by atoms with Crippen molar-refractivity contribution in [2.24, 2.45) is 0 Å². The summed E-state index contributed by atoms with van der Waals surface area (Å²) < 4.78 is 2.27. The van der Waals surface area contributed by atoms with Crippen LogP contribution < -0.4 is 0 Å². The van der Waals surface area contributed by atoms with E-state index in [0.29, 0.717) is 0 Å². The van der Waals surface area contributed by atoms with Crippen molar-refractivity contribution >= 4 is 38.5 Å². The van der Waals surface area contributed by atoms with E-state index in [2.05, 4.69) is 75.0 Å². The van der Waals surface area contributed by atoms with E-state index in [1.54, 1.807) is 0 Å². The maximum atomic E-state index is 5.07. The predicted molar refractivity (Wildman–Crippen MR) is 140 cm³/mol. The van der Waals surface area contributed by atoms with E-state index in [-0.39, 0.29) is 0 Å².